The summed E-state index contributed by atoms with van der Waals surface area (Å²) in [5, 5.41) is 1.24. The highest BCUT2D eigenvalue weighted by atomic mass is 31.1. The van der Waals surface area contributed by atoms with Gasteiger partial charge in [-0.2, -0.15) is 0 Å². The lowest BCUT2D eigenvalue weighted by molar-refractivity contribution is 0.415. The zero-order valence-electron chi connectivity index (χ0n) is 8.47. The van der Waals surface area contributed by atoms with Crippen molar-refractivity contribution in [1.82, 2.24) is 4.98 Å². The van der Waals surface area contributed by atoms with Crippen LogP contribution in [0.5, 0.6) is 5.75 Å². The fourth-order valence-corrected chi connectivity index (χ4v) is 2.29. The molecule has 2 nitrogen and oxygen atoms in total. The average molecular weight is 217 g/mol. The van der Waals surface area contributed by atoms with Gasteiger partial charge in [0.05, 0.1) is 12.5 Å². The van der Waals surface area contributed by atoms with Crippen molar-refractivity contribution in [3.63, 3.8) is 0 Å². The Balaban J connectivity index is 2.17. The van der Waals surface area contributed by atoms with E-state index in [2.05, 4.69) is 11.1 Å². The summed E-state index contributed by atoms with van der Waals surface area (Å²) in [7, 11) is 2.27. The third-order valence-electron chi connectivity index (χ3n) is 2.01. The van der Waals surface area contributed by atoms with Gasteiger partial charge in [-0.25, -0.2) is 0 Å². The Labute approximate surface area is 91.1 Å². The fraction of sp³-hybridized carbons (Fsp3) is 0.0833. The maximum Gasteiger partial charge on any atom is 0.119 e. The summed E-state index contributed by atoms with van der Waals surface area (Å²) in [5.74, 6) is 0.899. The van der Waals surface area contributed by atoms with Gasteiger partial charge in [0.1, 0.15) is 5.75 Å². The first-order chi connectivity index (χ1) is 7.38. The molecule has 1 atom stereocenters. The van der Waals surface area contributed by atoms with Crippen LogP contribution in [0.25, 0.3) is 0 Å². The predicted octanol–water partition coefficient (Wildman–Crippen LogP) is 1.72. The average Bonchev–Trinajstić information content (AvgIpc) is 2.31. The molecule has 2 rings (SSSR count). The largest absolute Gasteiger partial charge is 0.497 e. The minimum Gasteiger partial charge on any atom is -0.497 e. The van der Waals surface area contributed by atoms with E-state index >= 15 is 0 Å². The molecule has 1 aromatic carbocycles. The first kappa shape index (κ1) is 10.1. The van der Waals surface area contributed by atoms with E-state index in [9.17, 15) is 0 Å². The summed E-state index contributed by atoms with van der Waals surface area (Å²) in [6.07, 6.45) is 1.82. The normalized spacial score (nSPS) is 10.7. The Morgan fingerprint density at radius 1 is 1.13 bits per heavy atom. The van der Waals surface area contributed by atoms with Gasteiger partial charge >= 0.3 is 0 Å². The number of ether oxygens (including phenoxy) is 1. The van der Waals surface area contributed by atoms with E-state index in [0.717, 1.165) is 11.2 Å². The predicted molar refractivity (Wildman–Crippen MR) is 64.8 cm³/mol. The smallest absolute Gasteiger partial charge is 0.119 e. The number of nitrogens with zero attached hydrogens (tertiary/aromatic N) is 1. The summed E-state index contributed by atoms with van der Waals surface area (Å²) in [5.41, 5.74) is 1.10. The van der Waals surface area contributed by atoms with Crippen molar-refractivity contribution in [1.29, 1.82) is 0 Å². The Bertz CT molecular complexity index is 431. The highest BCUT2D eigenvalue weighted by Gasteiger charge is 1.98. The van der Waals surface area contributed by atoms with Gasteiger partial charge in [0, 0.05) is 6.20 Å². The van der Waals surface area contributed by atoms with Crippen LogP contribution in [0.3, 0.4) is 0 Å². The number of pyridine rings is 1. The van der Waals surface area contributed by atoms with Gasteiger partial charge in [-0.05, 0) is 38.2 Å². The third-order valence-corrected chi connectivity index (χ3v) is 3.16. The molecule has 0 N–H and O–H groups in total. The molecule has 0 saturated carbocycles. The van der Waals surface area contributed by atoms with Gasteiger partial charge in [-0.1, -0.05) is 18.2 Å². The van der Waals surface area contributed by atoms with Gasteiger partial charge in [0.25, 0.3) is 0 Å². The minimum absolute atomic E-state index is 0.585. The number of hydrogen-bond donors (Lipinski definition) is 0. The summed E-state index contributed by atoms with van der Waals surface area (Å²) in [6, 6.07) is 14.1. The Morgan fingerprint density at radius 3 is 2.80 bits per heavy atom. The second kappa shape index (κ2) is 4.90. The molecule has 0 saturated heterocycles. The topological polar surface area (TPSA) is 22.1 Å². The van der Waals surface area contributed by atoms with Crippen LogP contribution in [0.15, 0.2) is 48.7 Å². The number of hydrogen-bond acceptors (Lipinski definition) is 2. The second-order valence-electron chi connectivity index (χ2n) is 3.07. The number of benzene rings is 1. The molecule has 0 bridgehead atoms. The Hall–Kier alpha value is -1.40. The maximum atomic E-state index is 5.18. The van der Waals surface area contributed by atoms with Crippen molar-refractivity contribution in [3.05, 3.63) is 48.7 Å². The summed E-state index contributed by atoms with van der Waals surface area (Å²) < 4.78 is 5.18. The maximum absolute atomic E-state index is 5.18. The van der Waals surface area contributed by atoms with Crippen LogP contribution in [0.1, 0.15) is 0 Å². The minimum atomic E-state index is 0.585. The molecule has 1 heterocycles. The number of aromatic nitrogens is 1. The van der Waals surface area contributed by atoms with E-state index in [1.54, 1.807) is 7.11 Å². The van der Waals surface area contributed by atoms with E-state index in [1.165, 1.54) is 5.30 Å². The molecular formula is C12H12NOP. The van der Waals surface area contributed by atoms with Crippen LogP contribution in [0.2, 0.25) is 0 Å². The van der Waals surface area contributed by atoms with Gasteiger partial charge in [-0.15, -0.1) is 0 Å². The first-order valence-electron chi connectivity index (χ1n) is 4.70. The van der Waals surface area contributed by atoms with Crippen molar-refractivity contribution in [2.24, 2.45) is 0 Å². The molecule has 2 aromatic rings. The van der Waals surface area contributed by atoms with Gasteiger partial charge < -0.3 is 4.74 Å². The van der Waals surface area contributed by atoms with Gasteiger partial charge in [-0.3, -0.25) is 4.98 Å². The number of rotatable bonds is 3. The monoisotopic (exact) mass is 217 g/mol. The van der Waals surface area contributed by atoms with Crippen LogP contribution in [-0.2, 0) is 0 Å². The van der Waals surface area contributed by atoms with Crippen molar-refractivity contribution in [3.8, 4) is 5.75 Å². The van der Waals surface area contributed by atoms with Crippen LogP contribution in [-0.4, -0.2) is 12.1 Å². The molecule has 15 heavy (non-hydrogen) atoms. The highest BCUT2D eigenvalue weighted by molar-refractivity contribution is 7.55. The van der Waals surface area contributed by atoms with E-state index in [0.29, 0.717) is 8.58 Å². The van der Waals surface area contributed by atoms with Gasteiger partial charge in [0.2, 0.25) is 0 Å². The molecule has 0 aliphatic carbocycles. The highest BCUT2D eigenvalue weighted by Crippen LogP contribution is 2.13. The fourth-order valence-electron chi connectivity index (χ4n) is 1.29. The standard InChI is InChI=1S/C12H12NOP/c1-14-10-5-4-6-11(9-10)15-12-7-2-3-8-13-12/h2-9,15H,1H3. The molecule has 1 unspecified atom stereocenters. The van der Waals surface area contributed by atoms with Crippen LogP contribution < -0.4 is 15.5 Å². The lowest BCUT2D eigenvalue weighted by Crippen LogP contribution is -2.06. The van der Waals surface area contributed by atoms with Gasteiger partial charge in [0.15, 0.2) is 0 Å². The second-order valence-corrected chi connectivity index (χ2v) is 4.41. The van der Waals surface area contributed by atoms with Crippen molar-refractivity contribution < 1.29 is 4.74 Å². The third kappa shape index (κ3) is 2.77. The first-order valence-corrected chi connectivity index (χ1v) is 5.70. The summed E-state index contributed by atoms with van der Waals surface area (Å²) in [6.45, 7) is 0. The van der Waals surface area contributed by atoms with Crippen molar-refractivity contribution in [2.45, 2.75) is 0 Å². The van der Waals surface area contributed by atoms with Crippen molar-refractivity contribution >= 4 is 19.3 Å². The molecule has 0 radical (unpaired) electrons. The molecular weight excluding hydrogens is 205 g/mol. The molecule has 0 fully saturated rings. The molecule has 0 amide bonds. The lowest BCUT2D eigenvalue weighted by Gasteiger charge is -2.03. The molecule has 0 spiro atoms. The Kier molecular flexibility index (Phi) is 3.31. The quantitative estimate of drug-likeness (QED) is 0.730. The van der Waals surface area contributed by atoms with E-state index in [4.69, 9.17) is 4.74 Å². The number of methoxy groups -OCH3 is 1. The Morgan fingerprint density at radius 2 is 2.07 bits per heavy atom. The zero-order chi connectivity index (χ0) is 10.5. The lowest BCUT2D eigenvalue weighted by atomic mass is 10.3. The van der Waals surface area contributed by atoms with Crippen LogP contribution >= 0.6 is 8.58 Å². The SMILES string of the molecule is COc1cccc(Pc2ccccn2)c1. The molecule has 76 valence electrons. The van der Waals surface area contributed by atoms with Crippen LogP contribution in [0.4, 0.5) is 0 Å². The summed E-state index contributed by atoms with van der Waals surface area (Å²) in [4.78, 5) is 4.30. The van der Waals surface area contributed by atoms with E-state index < -0.39 is 0 Å². The van der Waals surface area contributed by atoms with E-state index in [1.807, 2.05) is 42.6 Å². The van der Waals surface area contributed by atoms with E-state index in [-0.39, 0.29) is 0 Å². The van der Waals surface area contributed by atoms with Crippen LogP contribution in [0, 0.1) is 0 Å². The molecule has 0 aliphatic heterocycles. The van der Waals surface area contributed by atoms with Crippen molar-refractivity contribution in [2.75, 3.05) is 7.11 Å². The zero-order valence-corrected chi connectivity index (χ0v) is 9.47. The molecule has 0 aliphatic rings. The molecule has 3 heteroatoms. The summed E-state index contributed by atoms with van der Waals surface area (Å²) >= 11 is 0. The molecule has 1 aromatic heterocycles.